The molecule has 2 N–H and O–H groups in total. The van der Waals surface area contributed by atoms with Gasteiger partial charge in [0, 0.05) is 5.56 Å². The summed E-state index contributed by atoms with van der Waals surface area (Å²) < 4.78 is 23.3. The third-order valence-corrected chi connectivity index (χ3v) is 3.27. The average Bonchev–Trinajstić information content (AvgIpc) is 2.64. The minimum absolute atomic E-state index is 0.168. The van der Waals surface area contributed by atoms with E-state index in [1.54, 1.807) is 31.4 Å². The van der Waals surface area contributed by atoms with E-state index in [1.165, 1.54) is 24.3 Å². The summed E-state index contributed by atoms with van der Waals surface area (Å²) in [5, 5.41) is 5.09. The molecule has 0 aliphatic heterocycles. The van der Waals surface area contributed by atoms with Gasteiger partial charge in [-0.1, -0.05) is 0 Å². The Morgan fingerprint density at radius 3 is 2.24 bits per heavy atom. The van der Waals surface area contributed by atoms with Crippen LogP contribution in [0.1, 0.15) is 10.4 Å². The predicted molar refractivity (Wildman–Crippen MR) is 90.2 cm³/mol. The van der Waals surface area contributed by atoms with Crippen molar-refractivity contribution >= 4 is 11.8 Å². The highest BCUT2D eigenvalue weighted by Crippen LogP contribution is 2.16. The number of hydrogen-bond donors (Lipinski definition) is 2. The second-order valence-electron chi connectivity index (χ2n) is 5.06. The van der Waals surface area contributed by atoms with E-state index in [1.807, 2.05) is 0 Å². The molecule has 2 aromatic carbocycles. The Labute approximate surface area is 144 Å². The fourth-order valence-corrected chi connectivity index (χ4v) is 1.96. The molecule has 2 rings (SSSR count). The van der Waals surface area contributed by atoms with Crippen LogP contribution in [0.5, 0.6) is 11.5 Å². The zero-order valence-electron chi connectivity index (χ0n) is 13.8. The molecular weight excluding hydrogens is 327 g/mol. The van der Waals surface area contributed by atoms with E-state index < -0.39 is 11.7 Å². The SMILES string of the molecule is COc1ccc(OCCNC(=O)CNC(=O)c2ccc(F)cc2)cc1. The van der Waals surface area contributed by atoms with Crippen molar-refractivity contribution in [3.63, 3.8) is 0 Å². The molecule has 0 saturated heterocycles. The molecule has 132 valence electrons. The molecule has 0 unspecified atom stereocenters. The largest absolute Gasteiger partial charge is 0.497 e. The Hall–Kier alpha value is -3.09. The van der Waals surface area contributed by atoms with Gasteiger partial charge in [-0.2, -0.15) is 0 Å². The summed E-state index contributed by atoms with van der Waals surface area (Å²) in [6, 6.07) is 12.2. The summed E-state index contributed by atoms with van der Waals surface area (Å²) in [6.45, 7) is 0.431. The molecule has 0 aliphatic rings. The topological polar surface area (TPSA) is 76.7 Å². The van der Waals surface area contributed by atoms with Crippen molar-refractivity contribution in [2.24, 2.45) is 0 Å². The summed E-state index contributed by atoms with van der Waals surface area (Å²) in [4.78, 5) is 23.4. The maximum Gasteiger partial charge on any atom is 0.251 e. The summed E-state index contributed by atoms with van der Waals surface area (Å²) in [6.07, 6.45) is 0. The third kappa shape index (κ3) is 6.14. The molecule has 0 aromatic heterocycles. The van der Waals surface area contributed by atoms with E-state index in [0.717, 1.165) is 5.75 Å². The first-order chi connectivity index (χ1) is 12.1. The van der Waals surface area contributed by atoms with Gasteiger partial charge in [-0.3, -0.25) is 9.59 Å². The van der Waals surface area contributed by atoms with Crippen LogP contribution in [0.15, 0.2) is 48.5 Å². The Morgan fingerprint density at radius 2 is 1.60 bits per heavy atom. The van der Waals surface area contributed by atoms with Gasteiger partial charge in [0.05, 0.1) is 20.2 Å². The lowest BCUT2D eigenvalue weighted by Gasteiger charge is -2.09. The first-order valence-electron chi connectivity index (χ1n) is 7.66. The van der Waals surface area contributed by atoms with Crippen LogP contribution in [0.25, 0.3) is 0 Å². The van der Waals surface area contributed by atoms with E-state index in [9.17, 15) is 14.0 Å². The van der Waals surface area contributed by atoms with Crippen LogP contribution in [0.2, 0.25) is 0 Å². The first-order valence-corrected chi connectivity index (χ1v) is 7.66. The van der Waals surface area contributed by atoms with Gasteiger partial charge in [0.1, 0.15) is 23.9 Å². The van der Waals surface area contributed by atoms with Gasteiger partial charge >= 0.3 is 0 Å². The summed E-state index contributed by atoms with van der Waals surface area (Å²) in [7, 11) is 1.58. The van der Waals surface area contributed by atoms with Crippen molar-refractivity contribution in [2.45, 2.75) is 0 Å². The Balaban J connectivity index is 1.63. The summed E-state index contributed by atoms with van der Waals surface area (Å²) in [5.74, 6) is 0.196. The van der Waals surface area contributed by atoms with Crippen LogP contribution < -0.4 is 20.1 Å². The minimum atomic E-state index is -0.440. The average molecular weight is 346 g/mol. The van der Waals surface area contributed by atoms with E-state index in [2.05, 4.69) is 10.6 Å². The van der Waals surface area contributed by atoms with Crippen LogP contribution in [0.4, 0.5) is 4.39 Å². The van der Waals surface area contributed by atoms with Crippen molar-refractivity contribution in [1.82, 2.24) is 10.6 Å². The number of rotatable bonds is 8. The highest BCUT2D eigenvalue weighted by atomic mass is 19.1. The molecule has 0 aliphatic carbocycles. The molecule has 7 heteroatoms. The standard InChI is InChI=1S/C18H19FN2O4/c1-24-15-6-8-16(9-7-15)25-11-10-20-17(22)12-21-18(23)13-2-4-14(19)5-3-13/h2-9H,10-12H2,1H3,(H,20,22)(H,21,23). The molecule has 0 radical (unpaired) electrons. The number of ether oxygens (including phenoxy) is 2. The molecule has 0 atom stereocenters. The lowest BCUT2D eigenvalue weighted by molar-refractivity contribution is -0.120. The van der Waals surface area contributed by atoms with Gasteiger partial charge in [-0.25, -0.2) is 4.39 Å². The highest BCUT2D eigenvalue weighted by molar-refractivity contribution is 5.96. The Morgan fingerprint density at radius 1 is 0.960 bits per heavy atom. The van der Waals surface area contributed by atoms with E-state index in [-0.39, 0.29) is 18.0 Å². The molecule has 6 nitrogen and oxygen atoms in total. The van der Waals surface area contributed by atoms with Crippen LogP contribution in [-0.4, -0.2) is 38.6 Å². The lowest BCUT2D eigenvalue weighted by Crippen LogP contribution is -2.38. The van der Waals surface area contributed by atoms with Gasteiger partial charge in [-0.15, -0.1) is 0 Å². The molecule has 2 amide bonds. The zero-order valence-corrected chi connectivity index (χ0v) is 13.8. The summed E-state index contributed by atoms with van der Waals surface area (Å²) in [5.41, 5.74) is 0.289. The van der Waals surface area contributed by atoms with Crippen molar-refractivity contribution in [3.05, 3.63) is 59.9 Å². The Kier molecular flexibility index (Phi) is 6.76. The molecular formula is C18H19FN2O4. The number of carbonyl (C=O) groups excluding carboxylic acids is 2. The number of amides is 2. The van der Waals surface area contributed by atoms with Crippen molar-refractivity contribution < 1.29 is 23.5 Å². The van der Waals surface area contributed by atoms with Crippen molar-refractivity contribution in [2.75, 3.05) is 26.8 Å². The highest BCUT2D eigenvalue weighted by Gasteiger charge is 2.07. The number of methoxy groups -OCH3 is 1. The fourth-order valence-electron chi connectivity index (χ4n) is 1.96. The van der Waals surface area contributed by atoms with Crippen LogP contribution in [0.3, 0.4) is 0 Å². The Bertz CT molecular complexity index is 702. The van der Waals surface area contributed by atoms with Gasteiger partial charge in [-0.05, 0) is 48.5 Å². The predicted octanol–water partition coefficient (Wildman–Crippen LogP) is 1.76. The van der Waals surface area contributed by atoms with Crippen LogP contribution in [-0.2, 0) is 4.79 Å². The molecule has 0 heterocycles. The minimum Gasteiger partial charge on any atom is -0.497 e. The number of halogens is 1. The van der Waals surface area contributed by atoms with Crippen molar-refractivity contribution in [3.8, 4) is 11.5 Å². The van der Waals surface area contributed by atoms with Crippen LogP contribution in [0, 0.1) is 5.82 Å². The molecule has 0 saturated carbocycles. The molecule has 0 bridgehead atoms. The number of hydrogen-bond acceptors (Lipinski definition) is 4. The van der Waals surface area contributed by atoms with E-state index in [4.69, 9.17) is 9.47 Å². The normalized spacial score (nSPS) is 10.0. The summed E-state index contributed by atoms with van der Waals surface area (Å²) >= 11 is 0. The van der Waals surface area contributed by atoms with Gasteiger partial charge in [0.2, 0.25) is 5.91 Å². The second kappa shape index (κ2) is 9.27. The van der Waals surface area contributed by atoms with E-state index >= 15 is 0 Å². The third-order valence-electron chi connectivity index (χ3n) is 3.27. The number of carbonyl (C=O) groups is 2. The quantitative estimate of drug-likeness (QED) is 0.714. The van der Waals surface area contributed by atoms with Crippen molar-refractivity contribution in [1.29, 1.82) is 0 Å². The van der Waals surface area contributed by atoms with Gasteiger partial charge < -0.3 is 20.1 Å². The number of nitrogens with one attached hydrogen (secondary N) is 2. The maximum absolute atomic E-state index is 12.8. The first kappa shape index (κ1) is 18.3. The molecule has 2 aromatic rings. The van der Waals surface area contributed by atoms with E-state index in [0.29, 0.717) is 18.9 Å². The molecule has 25 heavy (non-hydrogen) atoms. The monoisotopic (exact) mass is 346 g/mol. The molecule has 0 fully saturated rings. The second-order valence-corrected chi connectivity index (χ2v) is 5.06. The van der Waals surface area contributed by atoms with Gasteiger partial charge in [0.15, 0.2) is 0 Å². The smallest absolute Gasteiger partial charge is 0.251 e. The van der Waals surface area contributed by atoms with Gasteiger partial charge in [0.25, 0.3) is 5.91 Å². The molecule has 0 spiro atoms. The maximum atomic E-state index is 12.8. The zero-order chi connectivity index (χ0) is 18.1. The lowest BCUT2D eigenvalue weighted by atomic mass is 10.2. The van der Waals surface area contributed by atoms with Crippen LogP contribution >= 0.6 is 0 Å². The number of benzene rings is 2. The fraction of sp³-hybridized carbons (Fsp3) is 0.222.